The first-order valence-electron chi connectivity index (χ1n) is 4.12. The lowest BCUT2D eigenvalue weighted by Crippen LogP contribution is -2.15. The van der Waals surface area contributed by atoms with Gasteiger partial charge in [-0.05, 0) is 31.0 Å². The van der Waals surface area contributed by atoms with Crippen molar-refractivity contribution in [1.29, 1.82) is 0 Å². The van der Waals surface area contributed by atoms with E-state index in [9.17, 15) is 4.79 Å². The number of ether oxygens (including phenoxy) is 1. The molecule has 1 rings (SSSR count). The molecular weight excluding hydrogens is 246 g/mol. The van der Waals surface area contributed by atoms with Crippen molar-refractivity contribution in [3.05, 3.63) is 27.2 Å². The van der Waals surface area contributed by atoms with Gasteiger partial charge in [0.2, 0.25) is 0 Å². The van der Waals surface area contributed by atoms with E-state index in [1.54, 1.807) is 6.07 Å². The minimum Gasteiger partial charge on any atom is -0.496 e. The van der Waals surface area contributed by atoms with Gasteiger partial charge in [0.05, 0.1) is 12.7 Å². The topological polar surface area (TPSA) is 52.3 Å². The van der Waals surface area contributed by atoms with Gasteiger partial charge in [0.25, 0.3) is 5.91 Å². The number of rotatable bonds is 2. The average molecular weight is 258 g/mol. The van der Waals surface area contributed by atoms with E-state index in [4.69, 9.17) is 10.5 Å². The quantitative estimate of drug-likeness (QED) is 0.883. The maximum atomic E-state index is 11.2. The maximum Gasteiger partial charge on any atom is 0.252 e. The molecule has 0 aromatic heterocycles. The van der Waals surface area contributed by atoms with E-state index in [1.165, 1.54) is 7.11 Å². The lowest BCUT2D eigenvalue weighted by atomic mass is 10.0. The van der Waals surface area contributed by atoms with Crippen LogP contribution in [0.2, 0.25) is 0 Å². The summed E-state index contributed by atoms with van der Waals surface area (Å²) in [6.07, 6.45) is 0. The summed E-state index contributed by atoms with van der Waals surface area (Å²) in [7, 11) is 1.52. The predicted octanol–water partition coefficient (Wildman–Crippen LogP) is 2.17. The molecular formula is C10H12BrNO2. The first-order valence-corrected chi connectivity index (χ1v) is 4.91. The van der Waals surface area contributed by atoms with Gasteiger partial charge in [-0.25, -0.2) is 0 Å². The Morgan fingerprint density at radius 1 is 1.50 bits per heavy atom. The number of hydrogen-bond donors (Lipinski definition) is 1. The van der Waals surface area contributed by atoms with Gasteiger partial charge in [0.15, 0.2) is 0 Å². The highest BCUT2D eigenvalue weighted by Gasteiger charge is 2.16. The molecule has 4 heteroatoms. The molecule has 14 heavy (non-hydrogen) atoms. The van der Waals surface area contributed by atoms with Crippen molar-refractivity contribution in [2.24, 2.45) is 5.73 Å². The Morgan fingerprint density at radius 2 is 2.07 bits per heavy atom. The summed E-state index contributed by atoms with van der Waals surface area (Å²) in [6, 6.07) is 1.79. The van der Waals surface area contributed by atoms with E-state index in [2.05, 4.69) is 15.9 Å². The molecule has 0 aliphatic heterocycles. The van der Waals surface area contributed by atoms with Crippen molar-refractivity contribution >= 4 is 21.8 Å². The maximum absolute atomic E-state index is 11.2. The summed E-state index contributed by atoms with van der Waals surface area (Å²) in [5.41, 5.74) is 7.54. The zero-order chi connectivity index (χ0) is 10.9. The molecule has 0 radical (unpaired) electrons. The Hall–Kier alpha value is -1.03. The largest absolute Gasteiger partial charge is 0.496 e. The first kappa shape index (κ1) is 11.0. The zero-order valence-electron chi connectivity index (χ0n) is 8.35. The van der Waals surface area contributed by atoms with Gasteiger partial charge < -0.3 is 10.5 Å². The van der Waals surface area contributed by atoms with Crippen LogP contribution in [0.4, 0.5) is 0 Å². The van der Waals surface area contributed by atoms with Gasteiger partial charge in [-0.15, -0.1) is 0 Å². The zero-order valence-corrected chi connectivity index (χ0v) is 9.94. The van der Waals surface area contributed by atoms with Crippen LogP contribution in [0, 0.1) is 13.8 Å². The van der Waals surface area contributed by atoms with Crippen LogP contribution in [0.5, 0.6) is 5.75 Å². The average Bonchev–Trinajstić information content (AvgIpc) is 2.12. The van der Waals surface area contributed by atoms with Gasteiger partial charge >= 0.3 is 0 Å². The van der Waals surface area contributed by atoms with E-state index < -0.39 is 5.91 Å². The summed E-state index contributed by atoms with van der Waals surface area (Å²) >= 11 is 3.40. The monoisotopic (exact) mass is 257 g/mol. The van der Waals surface area contributed by atoms with Gasteiger partial charge in [0.1, 0.15) is 5.75 Å². The van der Waals surface area contributed by atoms with Gasteiger partial charge in [-0.3, -0.25) is 4.79 Å². The highest BCUT2D eigenvalue weighted by atomic mass is 79.9. The third-order valence-corrected chi connectivity index (χ3v) is 3.33. The number of nitrogens with two attached hydrogens (primary N) is 1. The standard InChI is InChI=1S/C10H12BrNO2/c1-5-4-7(14-3)8(10(12)13)6(2)9(5)11/h4H,1-3H3,(H2,12,13). The molecule has 0 bridgehead atoms. The number of methoxy groups -OCH3 is 1. The Morgan fingerprint density at radius 3 is 2.50 bits per heavy atom. The molecule has 0 spiro atoms. The van der Waals surface area contributed by atoms with Crippen molar-refractivity contribution < 1.29 is 9.53 Å². The van der Waals surface area contributed by atoms with E-state index in [0.29, 0.717) is 11.3 Å². The number of halogens is 1. The molecule has 0 saturated carbocycles. The number of carbonyl (C=O) groups is 1. The SMILES string of the molecule is COc1cc(C)c(Br)c(C)c1C(N)=O. The summed E-state index contributed by atoms with van der Waals surface area (Å²) in [4.78, 5) is 11.2. The Balaban J connectivity index is 3.53. The summed E-state index contributed by atoms with van der Waals surface area (Å²) in [5, 5.41) is 0. The highest BCUT2D eigenvalue weighted by molar-refractivity contribution is 9.10. The molecule has 1 aromatic carbocycles. The molecule has 76 valence electrons. The third kappa shape index (κ3) is 1.75. The van der Waals surface area contributed by atoms with Gasteiger partial charge in [0, 0.05) is 4.47 Å². The number of carbonyl (C=O) groups excluding carboxylic acids is 1. The Labute approximate surface area is 91.4 Å². The van der Waals surface area contributed by atoms with Crippen molar-refractivity contribution in [1.82, 2.24) is 0 Å². The van der Waals surface area contributed by atoms with Crippen LogP contribution in [-0.2, 0) is 0 Å². The smallest absolute Gasteiger partial charge is 0.252 e. The molecule has 2 N–H and O–H groups in total. The minimum atomic E-state index is -0.472. The van der Waals surface area contributed by atoms with Crippen LogP contribution in [0.1, 0.15) is 21.5 Å². The molecule has 0 heterocycles. The second kappa shape index (κ2) is 4.00. The number of hydrogen-bond acceptors (Lipinski definition) is 2. The Bertz CT molecular complexity index is 388. The molecule has 3 nitrogen and oxygen atoms in total. The molecule has 0 atom stereocenters. The van der Waals surface area contributed by atoms with E-state index in [0.717, 1.165) is 15.6 Å². The van der Waals surface area contributed by atoms with Gasteiger partial charge in [-0.2, -0.15) is 0 Å². The molecule has 1 amide bonds. The summed E-state index contributed by atoms with van der Waals surface area (Å²) in [5.74, 6) is 0.0516. The number of benzene rings is 1. The molecule has 0 fully saturated rings. The summed E-state index contributed by atoms with van der Waals surface area (Å²) < 4.78 is 6.00. The second-order valence-electron chi connectivity index (χ2n) is 3.07. The number of primary amides is 1. The normalized spacial score (nSPS) is 10.0. The van der Waals surface area contributed by atoms with Crippen LogP contribution in [0.15, 0.2) is 10.5 Å². The minimum absolute atomic E-state index is 0.435. The first-order chi connectivity index (χ1) is 6.49. The molecule has 0 aliphatic carbocycles. The van der Waals surface area contributed by atoms with Crippen LogP contribution in [0.25, 0.3) is 0 Å². The predicted molar refractivity (Wildman–Crippen MR) is 58.7 cm³/mol. The summed E-state index contributed by atoms with van der Waals surface area (Å²) in [6.45, 7) is 3.77. The molecule has 1 aromatic rings. The van der Waals surface area contributed by atoms with Crippen molar-refractivity contribution in [3.63, 3.8) is 0 Å². The lowest BCUT2D eigenvalue weighted by molar-refractivity contribution is 0.0996. The van der Waals surface area contributed by atoms with Crippen molar-refractivity contribution in [2.45, 2.75) is 13.8 Å². The Kier molecular flexibility index (Phi) is 3.16. The van der Waals surface area contributed by atoms with Crippen molar-refractivity contribution in [2.75, 3.05) is 7.11 Å². The highest BCUT2D eigenvalue weighted by Crippen LogP contribution is 2.31. The fraction of sp³-hybridized carbons (Fsp3) is 0.300. The van der Waals surface area contributed by atoms with E-state index in [-0.39, 0.29) is 0 Å². The van der Waals surface area contributed by atoms with Crippen molar-refractivity contribution in [3.8, 4) is 5.75 Å². The number of amides is 1. The lowest BCUT2D eigenvalue weighted by Gasteiger charge is -2.12. The van der Waals surface area contributed by atoms with Crippen LogP contribution < -0.4 is 10.5 Å². The third-order valence-electron chi connectivity index (χ3n) is 2.11. The fourth-order valence-corrected chi connectivity index (χ4v) is 1.70. The molecule has 0 saturated heterocycles. The number of aryl methyl sites for hydroxylation is 1. The van der Waals surface area contributed by atoms with E-state index in [1.807, 2.05) is 13.8 Å². The van der Waals surface area contributed by atoms with Gasteiger partial charge in [-0.1, -0.05) is 15.9 Å². The van der Waals surface area contributed by atoms with Crippen LogP contribution in [-0.4, -0.2) is 13.0 Å². The van der Waals surface area contributed by atoms with Crippen LogP contribution >= 0.6 is 15.9 Å². The molecule has 0 aliphatic rings. The van der Waals surface area contributed by atoms with Crippen LogP contribution in [0.3, 0.4) is 0 Å². The fourth-order valence-electron chi connectivity index (χ4n) is 1.39. The van der Waals surface area contributed by atoms with E-state index >= 15 is 0 Å². The molecule has 0 unspecified atom stereocenters. The second-order valence-corrected chi connectivity index (χ2v) is 3.87.